The molecule has 0 amide bonds. The van der Waals surface area contributed by atoms with Crippen LogP contribution in [-0.2, 0) is 0 Å². The van der Waals surface area contributed by atoms with Gasteiger partial charge < -0.3 is 0 Å². The molecule has 0 spiro atoms. The molecule has 0 aromatic carbocycles. The van der Waals surface area contributed by atoms with Crippen LogP contribution in [0.5, 0.6) is 0 Å². The van der Waals surface area contributed by atoms with Gasteiger partial charge in [0, 0.05) is 11.1 Å². The van der Waals surface area contributed by atoms with E-state index in [1.165, 1.54) is 5.57 Å². The van der Waals surface area contributed by atoms with Crippen LogP contribution in [0.2, 0.25) is 0 Å². The van der Waals surface area contributed by atoms with E-state index in [0.29, 0.717) is 0 Å². The molecule has 1 nitrogen and oxygen atoms in total. The number of nitrogens with zero attached hydrogens (tertiary/aromatic N) is 1. The van der Waals surface area contributed by atoms with Gasteiger partial charge in [-0.05, 0) is 36.1 Å². The molecular formula is C12H16BrN. The summed E-state index contributed by atoms with van der Waals surface area (Å²) in [6.07, 6.45) is 3.94. The molecule has 0 saturated carbocycles. The van der Waals surface area contributed by atoms with Crippen LogP contribution in [0.3, 0.4) is 0 Å². The number of rotatable bonds is 2. The maximum absolute atomic E-state index is 4.51. The lowest BCUT2D eigenvalue weighted by atomic mass is 9.81. The van der Waals surface area contributed by atoms with Crippen LogP contribution in [0.4, 0.5) is 0 Å². The van der Waals surface area contributed by atoms with Crippen LogP contribution in [0.25, 0.3) is 0 Å². The van der Waals surface area contributed by atoms with E-state index in [1.807, 2.05) is 13.0 Å². The minimum Gasteiger partial charge on any atom is -0.257 e. The summed E-state index contributed by atoms with van der Waals surface area (Å²) in [6, 6.07) is 0. The zero-order chi connectivity index (χ0) is 10.9. The molecule has 0 N–H and O–H groups in total. The predicted molar refractivity (Wildman–Crippen MR) is 66.8 cm³/mol. The van der Waals surface area contributed by atoms with E-state index in [9.17, 15) is 0 Å². The monoisotopic (exact) mass is 253 g/mol. The molecular weight excluding hydrogens is 238 g/mol. The number of aliphatic imine (C=N–C) groups is 1. The Morgan fingerprint density at radius 1 is 1.50 bits per heavy atom. The van der Waals surface area contributed by atoms with E-state index in [2.05, 4.69) is 54.3 Å². The number of hydrogen-bond donors (Lipinski definition) is 0. The Morgan fingerprint density at radius 3 is 2.50 bits per heavy atom. The normalized spacial score (nSPS) is 21.2. The Balaban J connectivity index is 3.26. The van der Waals surface area contributed by atoms with E-state index in [0.717, 1.165) is 15.9 Å². The Kier molecular flexibility index (Phi) is 3.15. The van der Waals surface area contributed by atoms with Crippen LogP contribution >= 0.6 is 15.9 Å². The Bertz CT molecular complexity index is 353. The summed E-state index contributed by atoms with van der Waals surface area (Å²) in [5, 5.41) is 0. The highest BCUT2D eigenvalue weighted by Crippen LogP contribution is 2.39. The third-order valence-electron chi connectivity index (χ3n) is 2.68. The second kappa shape index (κ2) is 3.85. The molecule has 0 saturated heterocycles. The van der Waals surface area contributed by atoms with Crippen LogP contribution in [0.15, 0.2) is 39.5 Å². The number of allylic oxidation sites excluding steroid dienone is 4. The second-order valence-electron chi connectivity index (χ2n) is 4.06. The molecule has 1 aliphatic rings. The standard InChI is InChI=1S/C12H16BrN/c1-6-11-10(7-8(2)13)12(4,5)9(3)14-11/h6-7H,1H2,2-5H3/b8-7+. The van der Waals surface area contributed by atoms with Gasteiger partial charge in [0.15, 0.2) is 0 Å². The molecule has 0 atom stereocenters. The number of hydrogen-bond acceptors (Lipinski definition) is 1. The first-order valence-corrected chi connectivity index (χ1v) is 5.45. The molecule has 0 fully saturated rings. The van der Waals surface area contributed by atoms with Crippen molar-refractivity contribution in [3.8, 4) is 0 Å². The van der Waals surface area contributed by atoms with Crippen LogP contribution in [-0.4, -0.2) is 5.71 Å². The van der Waals surface area contributed by atoms with Gasteiger partial charge in [0.05, 0.1) is 5.70 Å². The number of halogens is 1. The molecule has 1 rings (SSSR count). The quantitative estimate of drug-likeness (QED) is 0.699. The van der Waals surface area contributed by atoms with Crippen molar-refractivity contribution >= 4 is 21.6 Å². The molecule has 1 heterocycles. The van der Waals surface area contributed by atoms with Gasteiger partial charge in [-0.25, -0.2) is 0 Å². The van der Waals surface area contributed by atoms with Gasteiger partial charge in [0.2, 0.25) is 0 Å². The molecule has 0 aliphatic carbocycles. The van der Waals surface area contributed by atoms with Crippen molar-refractivity contribution < 1.29 is 0 Å². The third kappa shape index (κ3) is 1.90. The van der Waals surface area contributed by atoms with E-state index in [-0.39, 0.29) is 5.41 Å². The lowest BCUT2D eigenvalue weighted by Crippen LogP contribution is -2.19. The van der Waals surface area contributed by atoms with E-state index in [1.54, 1.807) is 0 Å². The largest absolute Gasteiger partial charge is 0.257 e. The molecule has 0 unspecified atom stereocenters. The highest BCUT2D eigenvalue weighted by molar-refractivity contribution is 9.11. The van der Waals surface area contributed by atoms with Crippen molar-refractivity contribution in [2.24, 2.45) is 10.4 Å². The fourth-order valence-corrected chi connectivity index (χ4v) is 1.73. The van der Waals surface area contributed by atoms with Gasteiger partial charge in [0.25, 0.3) is 0 Å². The zero-order valence-electron chi connectivity index (χ0n) is 9.19. The summed E-state index contributed by atoms with van der Waals surface area (Å²) in [5.41, 5.74) is 3.40. The maximum atomic E-state index is 4.51. The van der Waals surface area contributed by atoms with Crippen molar-refractivity contribution in [2.75, 3.05) is 0 Å². The van der Waals surface area contributed by atoms with Crippen molar-refractivity contribution in [1.82, 2.24) is 0 Å². The molecule has 0 aromatic heterocycles. The summed E-state index contributed by atoms with van der Waals surface area (Å²) in [7, 11) is 0. The Morgan fingerprint density at radius 2 is 2.07 bits per heavy atom. The molecule has 2 heteroatoms. The van der Waals surface area contributed by atoms with Crippen LogP contribution in [0, 0.1) is 5.41 Å². The highest BCUT2D eigenvalue weighted by atomic mass is 79.9. The summed E-state index contributed by atoms with van der Waals surface area (Å²) in [5.74, 6) is 0. The summed E-state index contributed by atoms with van der Waals surface area (Å²) in [4.78, 5) is 4.51. The van der Waals surface area contributed by atoms with Crippen LogP contribution in [0.1, 0.15) is 27.7 Å². The van der Waals surface area contributed by atoms with Crippen molar-refractivity contribution in [3.63, 3.8) is 0 Å². The topological polar surface area (TPSA) is 12.4 Å². The average molecular weight is 254 g/mol. The first kappa shape index (κ1) is 11.4. The van der Waals surface area contributed by atoms with Gasteiger partial charge in [-0.15, -0.1) is 0 Å². The second-order valence-corrected chi connectivity index (χ2v) is 5.31. The fourth-order valence-electron chi connectivity index (χ4n) is 1.50. The summed E-state index contributed by atoms with van der Waals surface area (Å²) in [6.45, 7) is 12.2. The molecule has 1 aliphatic heterocycles. The third-order valence-corrected chi connectivity index (χ3v) is 2.91. The van der Waals surface area contributed by atoms with Gasteiger partial charge in [0.1, 0.15) is 0 Å². The lowest BCUT2D eigenvalue weighted by molar-refractivity contribution is 0.651. The minimum atomic E-state index is 0.0263. The summed E-state index contributed by atoms with van der Waals surface area (Å²) >= 11 is 3.45. The van der Waals surface area contributed by atoms with Crippen LogP contribution < -0.4 is 0 Å². The molecule has 0 bridgehead atoms. The fraction of sp³-hybridized carbons (Fsp3) is 0.417. The zero-order valence-corrected chi connectivity index (χ0v) is 10.8. The minimum absolute atomic E-state index is 0.0263. The molecule has 14 heavy (non-hydrogen) atoms. The van der Waals surface area contributed by atoms with Crippen molar-refractivity contribution in [1.29, 1.82) is 0 Å². The highest BCUT2D eigenvalue weighted by Gasteiger charge is 2.32. The predicted octanol–water partition coefficient (Wildman–Crippen LogP) is 4.23. The summed E-state index contributed by atoms with van der Waals surface area (Å²) < 4.78 is 1.12. The first-order valence-electron chi connectivity index (χ1n) is 4.66. The first-order chi connectivity index (χ1) is 6.39. The van der Waals surface area contributed by atoms with Crippen molar-refractivity contribution in [2.45, 2.75) is 27.7 Å². The smallest absolute Gasteiger partial charge is 0.0664 e. The SMILES string of the molecule is C=CC1=C(/C=C(\C)Br)C(C)(C)C(C)=N1. The van der Waals surface area contributed by atoms with Gasteiger partial charge in [-0.3, -0.25) is 4.99 Å². The maximum Gasteiger partial charge on any atom is 0.0664 e. The Hall–Kier alpha value is -0.630. The lowest BCUT2D eigenvalue weighted by Gasteiger charge is -2.21. The van der Waals surface area contributed by atoms with Gasteiger partial charge in [-0.2, -0.15) is 0 Å². The van der Waals surface area contributed by atoms with E-state index < -0.39 is 0 Å². The Labute approximate surface area is 94.4 Å². The van der Waals surface area contributed by atoms with Crippen molar-refractivity contribution in [3.05, 3.63) is 34.5 Å². The van der Waals surface area contributed by atoms with E-state index >= 15 is 0 Å². The van der Waals surface area contributed by atoms with E-state index in [4.69, 9.17) is 0 Å². The molecule has 0 radical (unpaired) electrons. The average Bonchev–Trinajstić information content (AvgIpc) is 2.28. The molecule has 76 valence electrons. The van der Waals surface area contributed by atoms with Gasteiger partial charge in [-0.1, -0.05) is 36.4 Å². The van der Waals surface area contributed by atoms with Gasteiger partial charge >= 0.3 is 0 Å². The molecule has 0 aromatic rings.